The minimum Gasteiger partial charge on any atom is -0.493 e. The van der Waals surface area contributed by atoms with Gasteiger partial charge in [-0.2, -0.15) is 5.10 Å². The van der Waals surface area contributed by atoms with Crippen molar-refractivity contribution in [2.45, 2.75) is 6.61 Å². The van der Waals surface area contributed by atoms with Crippen LogP contribution in [0.5, 0.6) is 11.5 Å². The lowest BCUT2D eigenvalue weighted by Crippen LogP contribution is -1.99. The van der Waals surface area contributed by atoms with Crippen LogP contribution in [-0.4, -0.2) is 23.0 Å². The molecule has 0 saturated heterocycles. The van der Waals surface area contributed by atoms with Gasteiger partial charge < -0.3 is 14.5 Å². The molecular weight excluding hydrogens is 413 g/mol. The summed E-state index contributed by atoms with van der Waals surface area (Å²) >= 11 is 5.37. The molecule has 7 heteroatoms. The van der Waals surface area contributed by atoms with Crippen molar-refractivity contribution in [3.63, 3.8) is 0 Å². The second-order valence-electron chi connectivity index (χ2n) is 6.75. The number of rotatable bonds is 7. The molecule has 0 aliphatic rings. The lowest BCUT2D eigenvalue weighted by Gasteiger charge is -2.11. The summed E-state index contributed by atoms with van der Waals surface area (Å²) in [6.07, 6.45) is 3.55. The summed E-state index contributed by atoms with van der Waals surface area (Å²) in [7, 11) is 1.58. The zero-order chi connectivity index (χ0) is 21.6. The van der Waals surface area contributed by atoms with Gasteiger partial charge in [0.25, 0.3) is 0 Å². The molecule has 4 aromatic rings. The largest absolute Gasteiger partial charge is 0.493 e. The normalized spacial score (nSPS) is 11.0. The number of benzene rings is 3. The fourth-order valence-corrected chi connectivity index (χ4v) is 3.20. The molecule has 0 unspecified atom stereocenters. The van der Waals surface area contributed by atoms with E-state index in [1.54, 1.807) is 30.1 Å². The minimum atomic E-state index is -0.275. The number of aromatic amines is 1. The van der Waals surface area contributed by atoms with Crippen molar-refractivity contribution in [3.05, 3.63) is 101 Å². The molecule has 4 rings (SSSR count). The lowest BCUT2D eigenvalue weighted by atomic mass is 10.2. The molecule has 1 heterocycles. The molecule has 0 amide bonds. The van der Waals surface area contributed by atoms with Gasteiger partial charge in [0.05, 0.1) is 25.2 Å². The number of methoxy groups -OCH3 is 1. The second-order valence-corrected chi connectivity index (χ2v) is 7.14. The van der Waals surface area contributed by atoms with Crippen molar-refractivity contribution in [2.24, 2.45) is 5.10 Å². The average Bonchev–Trinajstić information content (AvgIpc) is 3.18. The summed E-state index contributed by atoms with van der Waals surface area (Å²) < 4.78 is 26.4. The molecule has 156 valence electrons. The summed E-state index contributed by atoms with van der Waals surface area (Å²) in [6.45, 7) is 0.310. The number of imidazole rings is 1. The number of ether oxygens (including phenoxy) is 2. The number of hydrogen-bond donors (Lipinski definition) is 1. The Kier molecular flexibility index (Phi) is 6.24. The lowest BCUT2D eigenvalue weighted by molar-refractivity contribution is 0.284. The number of aromatic nitrogens is 2. The third-order valence-electron chi connectivity index (χ3n) is 4.61. The molecule has 0 radical (unpaired) electrons. The number of hydrogen-bond acceptors (Lipinski definition) is 4. The van der Waals surface area contributed by atoms with E-state index in [9.17, 15) is 4.39 Å². The Hall–Kier alpha value is -3.71. The van der Waals surface area contributed by atoms with Gasteiger partial charge in [-0.3, -0.25) is 0 Å². The Morgan fingerprint density at radius 2 is 1.81 bits per heavy atom. The molecule has 0 aliphatic carbocycles. The molecule has 0 spiro atoms. The van der Waals surface area contributed by atoms with Crippen LogP contribution < -0.4 is 9.47 Å². The predicted molar refractivity (Wildman–Crippen MR) is 122 cm³/mol. The zero-order valence-corrected chi connectivity index (χ0v) is 17.6. The number of nitrogens with zero attached hydrogens (tertiary/aromatic N) is 2. The van der Waals surface area contributed by atoms with Crippen LogP contribution in [0.3, 0.4) is 0 Å². The molecule has 0 saturated carbocycles. The molecule has 0 aliphatic heterocycles. The van der Waals surface area contributed by atoms with Crippen molar-refractivity contribution in [1.82, 2.24) is 9.66 Å². The van der Waals surface area contributed by atoms with E-state index in [-0.39, 0.29) is 5.82 Å². The van der Waals surface area contributed by atoms with Crippen LogP contribution in [0.25, 0.3) is 11.3 Å². The fraction of sp³-hybridized carbons (Fsp3) is 0.0833. The van der Waals surface area contributed by atoms with E-state index in [0.717, 1.165) is 22.4 Å². The zero-order valence-electron chi connectivity index (χ0n) is 16.8. The third kappa shape index (κ3) is 5.07. The first-order valence-corrected chi connectivity index (χ1v) is 10.00. The minimum absolute atomic E-state index is 0.275. The quantitative estimate of drug-likeness (QED) is 0.295. The standard InChI is InChI=1S/C24H20FN3O2S/c1-29-23-13-18(9-12-22(23)30-16-17-7-10-20(25)11-8-17)14-26-28-15-21(27-24(28)31)19-5-3-2-4-6-19/h2-15H,16H2,1H3,(H,27,31). The first kappa shape index (κ1) is 20.6. The predicted octanol–water partition coefficient (Wildman–Crippen LogP) is 5.82. The molecule has 5 nitrogen and oxygen atoms in total. The van der Waals surface area contributed by atoms with Gasteiger partial charge in [0.15, 0.2) is 16.3 Å². The Labute approximate surface area is 184 Å². The van der Waals surface area contributed by atoms with E-state index in [1.807, 2.05) is 54.7 Å². The van der Waals surface area contributed by atoms with Gasteiger partial charge in [-0.1, -0.05) is 42.5 Å². The molecule has 31 heavy (non-hydrogen) atoms. The van der Waals surface area contributed by atoms with Crippen LogP contribution in [-0.2, 0) is 6.61 Å². The van der Waals surface area contributed by atoms with Gasteiger partial charge in [-0.05, 0) is 59.2 Å². The molecule has 3 aromatic carbocycles. The van der Waals surface area contributed by atoms with E-state index in [4.69, 9.17) is 21.7 Å². The maximum atomic E-state index is 13.0. The highest BCUT2D eigenvalue weighted by Gasteiger charge is 2.07. The summed E-state index contributed by atoms with van der Waals surface area (Å²) in [5.41, 5.74) is 3.62. The van der Waals surface area contributed by atoms with Crippen LogP contribution >= 0.6 is 12.2 Å². The van der Waals surface area contributed by atoms with Gasteiger partial charge in [-0.15, -0.1) is 0 Å². The first-order valence-electron chi connectivity index (χ1n) is 9.59. The van der Waals surface area contributed by atoms with E-state index in [1.165, 1.54) is 12.1 Å². The Morgan fingerprint density at radius 3 is 2.55 bits per heavy atom. The van der Waals surface area contributed by atoms with Gasteiger partial charge >= 0.3 is 0 Å². The number of halogens is 1. The fourth-order valence-electron chi connectivity index (χ4n) is 2.99. The molecular formula is C24H20FN3O2S. The van der Waals surface area contributed by atoms with Gasteiger partial charge in [0.1, 0.15) is 12.4 Å². The monoisotopic (exact) mass is 433 g/mol. The molecule has 0 fully saturated rings. The first-order chi connectivity index (χ1) is 15.1. The molecule has 1 N–H and O–H groups in total. The van der Waals surface area contributed by atoms with Crippen LogP contribution in [0.2, 0.25) is 0 Å². The highest BCUT2D eigenvalue weighted by molar-refractivity contribution is 7.71. The van der Waals surface area contributed by atoms with E-state index in [2.05, 4.69) is 10.1 Å². The van der Waals surface area contributed by atoms with Crippen LogP contribution in [0.4, 0.5) is 4.39 Å². The topological polar surface area (TPSA) is 51.5 Å². The van der Waals surface area contributed by atoms with Crippen molar-refractivity contribution in [2.75, 3.05) is 7.11 Å². The Balaban J connectivity index is 1.49. The molecule has 0 atom stereocenters. The van der Waals surface area contributed by atoms with Crippen LogP contribution in [0.1, 0.15) is 11.1 Å². The summed E-state index contributed by atoms with van der Waals surface area (Å²) in [5.74, 6) is 0.894. The Bertz CT molecular complexity index is 1250. The summed E-state index contributed by atoms with van der Waals surface area (Å²) in [4.78, 5) is 3.16. The molecule has 1 aromatic heterocycles. The van der Waals surface area contributed by atoms with E-state index >= 15 is 0 Å². The van der Waals surface area contributed by atoms with Crippen LogP contribution in [0, 0.1) is 10.6 Å². The second kappa shape index (κ2) is 9.40. The van der Waals surface area contributed by atoms with Gasteiger partial charge in [-0.25, -0.2) is 9.07 Å². The summed E-state index contributed by atoms with van der Waals surface area (Å²) in [5, 5.41) is 4.45. The highest BCUT2D eigenvalue weighted by Crippen LogP contribution is 2.28. The average molecular weight is 434 g/mol. The number of nitrogens with one attached hydrogen (secondary N) is 1. The van der Waals surface area contributed by atoms with Crippen molar-refractivity contribution in [1.29, 1.82) is 0 Å². The highest BCUT2D eigenvalue weighted by atomic mass is 32.1. The van der Waals surface area contributed by atoms with Gasteiger partial charge in [0, 0.05) is 0 Å². The number of H-pyrrole nitrogens is 1. The maximum Gasteiger partial charge on any atom is 0.198 e. The third-order valence-corrected chi connectivity index (χ3v) is 4.90. The van der Waals surface area contributed by atoms with Crippen LogP contribution in [0.15, 0.2) is 84.1 Å². The van der Waals surface area contributed by atoms with Gasteiger partial charge in [0.2, 0.25) is 0 Å². The smallest absolute Gasteiger partial charge is 0.198 e. The van der Waals surface area contributed by atoms with E-state index in [0.29, 0.717) is 22.9 Å². The summed E-state index contributed by atoms with van der Waals surface area (Å²) in [6, 6.07) is 21.6. The van der Waals surface area contributed by atoms with Crippen molar-refractivity contribution >= 4 is 18.4 Å². The van der Waals surface area contributed by atoms with E-state index < -0.39 is 0 Å². The SMILES string of the molecule is COc1cc(C=Nn2cc(-c3ccccc3)[nH]c2=S)ccc1OCc1ccc(F)cc1. The van der Waals surface area contributed by atoms with Crippen molar-refractivity contribution < 1.29 is 13.9 Å². The van der Waals surface area contributed by atoms with Crippen molar-refractivity contribution in [3.8, 4) is 22.8 Å². The molecule has 0 bridgehead atoms. The Morgan fingerprint density at radius 1 is 1.03 bits per heavy atom. The maximum absolute atomic E-state index is 13.0.